The van der Waals surface area contributed by atoms with Crippen LogP contribution in [0.2, 0.25) is 0 Å². The molecule has 0 radical (unpaired) electrons. The molecule has 0 fully saturated rings. The number of halogens is 1. The summed E-state index contributed by atoms with van der Waals surface area (Å²) in [6.45, 7) is 1.80. The van der Waals surface area contributed by atoms with Gasteiger partial charge < -0.3 is 5.32 Å². The van der Waals surface area contributed by atoms with E-state index >= 15 is 0 Å². The fourth-order valence-corrected chi connectivity index (χ4v) is 2.87. The molecule has 0 aromatic heterocycles. The Morgan fingerprint density at radius 2 is 1.88 bits per heavy atom. The quantitative estimate of drug-likeness (QED) is 0.617. The minimum Gasteiger partial charge on any atom is -0.353 e. The van der Waals surface area contributed by atoms with Crippen LogP contribution < -0.4 is 5.32 Å². The van der Waals surface area contributed by atoms with Gasteiger partial charge in [0.15, 0.2) is 0 Å². The van der Waals surface area contributed by atoms with Crippen molar-refractivity contribution in [3.8, 4) is 0 Å². The molecular weight excluding hydrogens is 221 g/mol. The van der Waals surface area contributed by atoms with Crippen molar-refractivity contribution in [2.24, 2.45) is 0 Å². The highest BCUT2D eigenvalue weighted by molar-refractivity contribution is 7.99. The molecule has 0 aliphatic carbocycles. The maximum Gasteiger partial charge on any atom is 0.128 e. The van der Waals surface area contributed by atoms with Crippen molar-refractivity contribution in [3.05, 3.63) is 47.8 Å². The van der Waals surface area contributed by atoms with E-state index in [1.807, 2.05) is 24.3 Å². The lowest BCUT2D eigenvalue weighted by Gasteiger charge is -2.22. The number of hydrogen-bond donors (Lipinski definition) is 1. The molecule has 1 nitrogen and oxygen atoms in total. The zero-order valence-corrected chi connectivity index (χ0v) is 9.57. The second-order valence-electron chi connectivity index (χ2n) is 3.77. The summed E-state index contributed by atoms with van der Waals surface area (Å²) >= 11 is 1.68. The van der Waals surface area contributed by atoms with Crippen LogP contribution in [0.15, 0.2) is 46.2 Å². The van der Waals surface area contributed by atoms with Crippen LogP contribution in [0.4, 0.5) is 15.8 Å². The van der Waals surface area contributed by atoms with Crippen molar-refractivity contribution in [1.82, 2.24) is 0 Å². The number of nitrogens with one attached hydrogen (secondary N) is 1. The lowest BCUT2D eigenvalue weighted by molar-refractivity contribution is 0.618. The van der Waals surface area contributed by atoms with Crippen molar-refractivity contribution >= 4 is 23.1 Å². The SMILES string of the molecule is Cc1c(F)ccc2c1Nc1ccccc1S2. The lowest BCUT2D eigenvalue weighted by Crippen LogP contribution is -2.02. The summed E-state index contributed by atoms with van der Waals surface area (Å²) < 4.78 is 13.4. The number of fused-ring (bicyclic) bond motifs is 2. The molecule has 0 atom stereocenters. The molecule has 1 aliphatic rings. The van der Waals surface area contributed by atoms with Gasteiger partial charge in [-0.05, 0) is 31.2 Å². The van der Waals surface area contributed by atoms with Crippen LogP contribution in [0.5, 0.6) is 0 Å². The first-order valence-corrected chi connectivity index (χ1v) is 5.90. The van der Waals surface area contributed by atoms with Gasteiger partial charge >= 0.3 is 0 Å². The van der Waals surface area contributed by atoms with Crippen LogP contribution in [-0.2, 0) is 0 Å². The number of anilines is 2. The molecule has 16 heavy (non-hydrogen) atoms. The standard InChI is InChI=1S/C13H10FNS/c1-8-9(14)6-7-12-13(8)15-10-4-2-3-5-11(10)16-12/h2-7,15H,1H3. The van der Waals surface area contributed by atoms with Crippen molar-refractivity contribution in [2.45, 2.75) is 16.7 Å². The fourth-order valence-electron chi connectivity index (χ4n) is 1.81. The van der Waals surface area contributed by atoms with E-state index in [2.05, 4.69) is 11.4 Å². The summed E-state index contributed by atoms with van der Waals surface area (Å²) in [6, 6.07) is 11.4. The first-order valence-electron chi connectivity index (χ1n) is 5.09. The monoisotopic (exact) mass is 231 g/mol. The third-order valence-corrected chi connectivity index (χ3v) is 3.86. The van der Waals surface area contributed by atoms with Crippen LogP contribution in [-0.4, -0.2) is 0 Å². The molecule has 0 saturated carbocycles. The van der Waals surface area contributed by atoms with Crippen LogP contribution in [0.1, 0.15) is 5.56 Å². The summed E-state index contributed by atoms with van der Waals surface area (Å²) in [7, 11) is 0. The minimum atomic E-state index is -0.161. The van der Waals surface area contributed by atoms with Gasteiger partial charge in [0.2, 0.25) is 0 Å². The van der Waals surface area contributed by atoms with Gasteiger partial charge in [-0.2, -0.15) is 0 Å². The number of hydrogen-bond acceptors (Lipinski definition) is 2. The Bertz CT molecular complexity index is 566. The summed E-state index contributed by atoms with van der Waals surface area (Å²) in [5, 5.41) is 3.29. The zero-order chi connectivity index (χ0) is 11.1. The van der Waals surface area contributed by atoms with Gasteiger partial charge in [0.05, 0.1) is 11.4 Å². The van der Waals surface area contributed by atoms with Crippen LogP contribution in [0.3, 0.4) is 0 Å². The van der Waals surface area contributed by atoms with E-state index in [1.54, 1.807) is 18.7 Å². The molecule has 80 valence electrons. The molecule has 1 N–H and O–H groups in total. The van der Waals surface area contributed by atoms with E-state index in [9.17, 15) is 4.39 Å². The Morgan fingerprint density at radius 1 is 1.06 bits per heavy atom. The predicted octanol–water partition coefficient (Wildman–Crippen LogP) is 4.34. The van der Waals surface area contributed by atoms with E-state index in [0.717, 1.165) is 16.3 Å². The van der Waals surface area contributed by atoms with E-state index < -0.39 is 0 Å². The molecule has 0 amide bonds. The molecule has 2 aromatic rings. The molecule has 0 bridgehead atoms. The van der Waals surface area contributed by atoms with E-state index in [4.69, 9.17) is 0 Å². The second-order valence-corrected chi connectivity index (χ2v) is 4.85. The highest BCUT2D eigenvalue weighted by atomic mass is 32.2. The first kappa shape index (κ1) is 9.73. The molecule has 0 unspecified atom stereocenters. The molecule has 3 rings (SSSR count). The smallest absolute Gasteiger partial charge is 0.128 e. The Kier molecular flexibility index (Phi) is 2.14. The topological polar surface area (TPSA) is 12.0 Å². The van der Waals surface area contributed by atoms with Crippen LogP contribution >= 0.6 is 11.8 Å². The third kappa shape index (κ3) is 1.39. The molecule has 1 heterocycles. The van der Waals surface area contributed by atoms with Crippen molar-refractivity contribution in [1.29, 1.82) is 0 Å². The van der Waals surface area contributed by atoms with Crippen molar-refractivity contribution < 1.29 is 4.39 Å². The summed E-state index contributed by atoms with van der Waals surface area (Å²) in [5.74, 6) is -0.161. The second kappa shape index (κ2) is 3.52. The summed E-state index contributed by atoms with van der Waals surface area (Å²) in [4.78, 5) is 2.26. The van der Waals surface area contributed by atoms with Gasteiger partial charge in [0, 0.05) is 15.4 Å². The Balaban J connectivity index is 2.16. The third-order valence-electron chi connectivity index (χ3n) is 2.73. The predicted molar refractivity (Wildman–Crippen MR) is 65.0 cm³/mol. The number of rotatable bonds is 0. The highest BCUT2D eigenvalue weighted by Crippen LogP contribution is 2.45. The summed E-state index contributed by atoms with van der Waals surface area (Å²) in [6.07, 6.45) is 0. The van der Waals surface area contributed by atoms with Gasteiger partial charge in [-0.15, -0.1) is 0 Å². The van der Waals surface area contributed by atoms with Crippen LogP contribution in [0.25, 0.3) is 0 Å². The van der Waals surface area contributed by atoms with E-state index in [0.29, 0.717) is 5.56 Å². The van der Waals surface area contributed by atoms with Crippen molar-refractivity contribution in [2.75, 3.05) is 5.32 Å². The zero-order valence-electron chi connectivity index (χ0n) is 8.75. The Hall–Kier alpha value is -1.48. The average molecular weight is 231 g/mol. The first-order chi connectivity index (χ1) is 7.75. The average Bonchev–Trinajstić information content (AvgIpc) is 2.32. The molecule has 2 aromatic carbocycles. The molecule has 0 saturated heterocycles. The maximum atomic E-state index is 13.4. The maximum absolute atomic E-state index is 13.4. The summed E-state index contributed by atoms with van der Waals surface area (Å²) in [5.41, 5.74) is 2.62. The van der Waals surface area contributed by atoms with Gasteiger partial charge in [0.25, 0.3) is 0 Å². The number of para-hydroxylation sites is 1. The Morgan fingerprint density at radius 3 is 2.75 bits per heavy atom. The van der Waals surface area contributed by atoms with E-state index in [-0.39, 0.29) is 5.82 Å². The normalized spacial score (nSPS) is 12.6. The van der Waals surface area contributed by atoms with Gasteiger partial charge in [-0.3, -0.25) is 0 Å². The van der Waals surface area contributed by atoms with Gasteiger partial charge in [0.1, 0.15) is 5.82 Å². The molecular formula is C13H10FNS. The number of benzene rings is 2. The molecule has 3 heteroatoms. The lowest BCUT2D eigenvalue weighted by atomic mass is 10.1. The van der Waals surface area contributed by atoms with Gasteiger partial charge in [-0.25, -0.2) is 4.39 Å². The van der Waals surface area contributed by atoms with Crippen LogP contribution in [0, 0.1) is 12.7 Å². The largest absolute Gasteiger partial charge is 0.353 e. The Labute approximate surface area is 97.7 Å². The fraction of sp³-hybridized carbons (Fsp3) is 0.0769. The van der Waals surface area contributed by atoms with Crippen molar-refractivity contribution in [3.63, 3.8) is 0 Å². The molecule has 0 spiro atoms. The minimum absolute atomic E-state index is 0.161. The van der Waals surface area contributed by atoms with E-state index in [1.165, 1.54) is 11.0 Å². The highest BCUT2D eigenvalue weighted by Gasteiger charge is 2.18. The van der Waals surface area contributed by atoms with Gasteiger partial charge in [-0.1, -0.05) is 23.9 Å². The molecule has 1 aliphatic heterocycles.